The number of hydrogen-bond donors (Lipinski definition) is 2. The Labute approximate surface area is 154 Å². The molecule has 1 aliphatic rings. The number of aromatic nitrogens is 2. The quantitative estimate of drug-likeness (QED) is 0.780. The second kappa shape index (κ2) is 6.61. The van der Waals surface area contributed by atoms with E-state index in [1.807, 2.05) is 19.1 Å². The third-order valence-electron chi connectivity index (χ3n) is 4.08. The van der Waals surface area contributed by atoms with Crippen LogP contribution < -0.4 is 10.6 Å². The minimum Gasteiger partial charge on any atom is -0.352 e. The molecule has 1 fully saturated rings. The van der Waals surface area contributed by atoms with Gasteiger partial charge in [-0.15, -0.1) is 11.3 Å². The van der Waals surface area contributed by atoms with Gasteiger partial charge in [0.05, 0.1) is 14.9 Å². The summed E-state index contributed by atoms with van der Waals surface area (Å²) in [7, 11) is 0. The van der Waals surface area contributed by atoms with Crippen molar-refractivity contribution in [2.45, 2.75) is 26.3 Å². The number of carbonyl (C=O) groups is 2. The van der Waals surface area contributed by atoms with Gasteiger partial charge in [0, 0.05) is 19.3 Å². The van der Waals surface area contributed by atoms with E-state index in [0.717, 1.165) is 20.5 Å². The molecular weight excluding hydrogens is 362 g/mol. The molecule has 7 nitrogen and oxygen atoms in total. The van der Waals surface area contributed by atoms with Gasteiger partial charge in [-0.25, -0.2) is 14.8 Å². The Bertz CT molecular complexity index is 816. The molecule has 1 aliphatic heterocycles. The molecule has 3 rings (SSSR count). The Morgan fingerprint density at radius 2 is 2.16 bits per heavy atom. The van der Waals surface area contributed by atoms with Gasteiger partial charge >= 0.3 is 6.03 Å². The molecule has 0 atom stereocenters. The number of rotatable bonds is 5. The molecule has 0 spiro atoms. The maximum Gasteiger partial charge on any atom is 0.325 e. The number of nitrogens with one attached hydrogen (secondary N) is 2. The van der Waals surface area contributed by atoms with Gasteiger partial charge in [-0.3, -0.25) is 10.1 Å². The van der Waals surface area contributed by atoms with E-state index in [9.17, 15) is 9.59 Å². The molecule has 132 valence electrons. The van der Waals surface area contributed by atoms with Crippen molar-refractivity contribution in [3.63, 3.8) is 0 Å². The summed E-state index contributed by atoms with van der Waals surface area (Å²) in [5, 5.41) is 5.41. The Kier molecular flexibility index (Phi) is 4.66. The smallest absolute Gasteiger partial charge is 0.325 e. The van der Waals surface area contributed by atoms with Gasteiger partial charge in [0.15, 0.2) is 0 Å². The van der Waals surface area contributed by atoms with Crippen LogP contribution in [0.4, 0.5) is 10.7 Å². The molecule has 9 heteroatoms. The van der Waals surface area contributed by atoms with Crippen molar-refractivity contribution in [1.82, 2.24) is 20.2 Å². The van der Waals surface area contributed by atoms with E-state index in [4.69, 9.17) is 11.6 Å². The van der Waals surface area contributed by atoms with Crippen molar-refractivity contribution < 1.29 is 9.59 Å². The topological polar surface area (TPSA) is 87.2 Å². The van der Waals surface area contributed by atoms with E-state index < -0.39 is 5.54 Å². The molecule has 0 aliphatic carbocycles. The number of imide groups is 1. The van der Waals surface area contributed by atoms with E-state index in [1.165, 1.54) is 16.2 Å². The summed E-state index contributed by atoms with van der Waals surface area (Å²) in [4.78, 5) is 34.7. The monoisotopic (exact) mass is 379 g/mol. The van der Waals surface area contributed by atoms with Crippen molar-refractivity contribution in [1.29, 1.82) is 0 Å². The van der Waals surface area contributed by atoms with Crippen LogP contribution in [0, 0.1) is 6.92 Å². The first-order chi connectivity index (χ1) is 11.8. The Balaban J connectivity index is 1.65. The van der Waals surface area contributed by atoms with Gasteiger partial charge in [0.25, 0.3) is 5.91 Å². The molecule has 2 N–H and O–H groups in total. The number of anilines is 1. The van der Waals surface area contributed by atoms with Crippen molar-refractivity contribution in [2.24, 2.45) is 0 Å². The third-order valence-corrected chi connectivity index (χ3v) is 5.66. The van der Waals surface area contributed by atoms with Crippen molar-refractivity contribution in [2.75, 3.05) is 18.4 Å². The number of hydrogen-bond acceptors (Lipinski definition) is 6. The molecule has 0 aromatic carbocycles. The first kappa shape index (κ1) is 17.6. The predicted octanol–water partition coefficient (Wildman–Crippen LogP) is 2.91. The lowest BCUT2D eigenvalue weighted by Crippen LogP contribution is -2.46. The predicted molar refractivity (Wildman–Crippen MR) is 97.9 cm³/mol. The minimum atomic E-state index is -0.854. The molecule has 0 radical (unpaired) electrons. The number of carbonyl (C=O) groups excluding carboxylic acids is 2. The van der Waals surface area contributed by atoms with Crippen LogP contribution in [-0.2, 0) is 4.79 Å². The van der Waals surface area contributed by atoms with E-state index >= 15 is 0 Å². The zero-order valence-electron chi connectivity index (χ0n) is 14.1. The maximum atomic E-state index is 11.8. The fourth-order valence-electron chi connectivity index (χ4n) is 2.52. The van der Waals surface area contributed by atoms with Crippen LogP contribution in [0.25, 0.3) is 10.6 Å². The number of halogens is 1. The normalized spacial score (nSPS) is 16.2. The van der Waals surface area contributed by atoms with E-state index in [2.05, 4.69) is 20.6 Å². The Morgan fingerprint density at radius 1 is 1.40 bits per heavy atom. The third kappa shape index (κ3) is 3.45. The van der Waals surface area contributed by atoms with Crippen LogP contribution in [-0.4, -0.2) is 45.4 Å². The average Bonchev–Trinajstić information content (AvgIpc) is 2.99. The zero-order valence-corrected chi connectivity index (χ0v) is 15.7. The minimum absolute atomic E-state index is 0.291. The van der Waals surface area contributed by atoms with Crippen molar-refractivity contribution in [3.05, 3.63) is 28.2 Å². The summed E-state index contributed by atoms with van der Waals surface area (Å²) in [5.74, 6) is 0.170. The SMILES string of the molecule is Cc1cc(-c2ccnc(NCCN3C(=O)NC(=O)C3(C)C)n2)sc1Cl. The van der Waals surface area contributed by atoms with Crippen LogP contribution in [0.3, 0.4) is 0 Å². The van der Waals surface area contributed by atoms with Gasteiger partial charge in [0.2, 0.25) is 5.95 Å². The van der Waals surface area contributed by atoms with E-state index in [1.54, 1.807) is 20.0 Å². The second-order valence-corrected chi connectivity index (χ2v) is 7.88. The summed E-state index contributed by atoms with van der Waals surface area (Å²) < 4.78 is 0.745. The lowest BCUT2D eigenvalue weighted by atomic mass is 10.0. The van der Waals surface area contributed by atoms with E-state index in [0.29, 0.717) is 19.0 Å². The average molecular weight is 380 g/mol. The largest absolute Gasteiger partial charge is 0.352 e. The Hall–Kier alpha value is -2.19. The summed E-state index contributed by atoms with van der Waals surface area (Å²) in [6.07, 6.45) is 1.67. The fraction of sp³-hybridized carbons (Fsp3) is 0.375. The number of aryl methyl sites for hydroxylation is 1. The molecular formula is C16H18ClN5O2S. The van der Waals surface area contributed by atoms with Crippen LogP contribution >= 0.6 is 22.9 Å². The molecule has 1 saturated heterocycles. The molecule has 3 heterocycles. The summed E-state index contributed by atoms with van der Waals surface area (Å²) in [6, 6.07) is 3.43. The van der Waals surface area contributed by atoms with E-state index in [-0.39, 0.29) is 11.9 Å². The highest BCUT2D eigenvalue weighted by Crippen LogP contribution is 2.33. The molecule has 0 unspecified atom stereocenters. The summed E-state index contributed by atoms with van der Waals surface area (Å²) in [5.41, 5.74) is 0.945. The standard InChI is InChI=1S/C16H18ClN5O2S/c1-9-8-11(25-12(9)17)10-4-5-18-14(20-10)19-6-7-22-15(24)21-13(23)16(22,2)3/h4-5,8H,6-7H2,1-3H3,(H,18,19,20)(H,21,23,24). The number of nitrogens with zero attached hydrogens (tertiary/aromatic N) is 3. The first-order valence-corrected chi connectivity index (χ1v) is 8.95. The molecule has 0 bridgehead atoms. The lowest BCUT2D eigenvalue weighted by Gasteiger charge is -2.27. The van der Waals surface area contributed by atoms with Gasteiger partial charge in [-0.05, 0) is 38.5 Å². The molecule has 0 saturated carbocycles. The van der Waals surface area contributed by atoms with Crippen LogP contribution in [0.5, 0.6) is 0 Å². The summed E-state index contributed by atoms with van der Waals surface area (Å²) in [6.45, 7) is 6.17. The van der Waals surface area contributed by atoms with Gasteiger partial charge in [-0.1, -0.05) is 11.6 Å². The summed E-state index contributed by atoms with van der Waals surface area (Å²) >= 11 is 7.59. The van der Waals surface area contributed by atoms with Gasteiger partial charge < -0.3 is 10.2 Å². The van der Waals surface area contributed by atoms with Crippen LogP contribution in [0.2, 0.25) is 4.34 Å². The highest BCUT2D eigenvalue weighted by atomic mass is 35.5. The number of urea groups is 1. The first-order valence-electron chi connectivity index (χ1n) is 7.75. The number of amides is 3. The van der Waals surface area contributed by atoms with Crippen molar-refractivity contribution in [3.8, 4) is 10.6 Å². The highest BCUT2D eigenvalue weighted by Gasteiger charge is 2.44. The Morgan fingerprint density at radius 3 is 2.76 bits per heavy atom. The highest BCUT2D eigenvalue weighted by molar-refractivity contribution is 7.19. The molecule has 25 heavy (non-hydrogen) atoms. The van der Waals surface area contributed by atoms with Crippen molar-refractivity contribution >= 4 is 40.8 Å². The number of thiophene rings is 1. The van der Waals surface area contributed by atoms with Gasteiger partial charge in [-0.2, -0.15) is 0 Å². The second-order valence-electron chi connectivity index (χ2n) is 6.23. The van der Waals surface area contributed by atoms with Crippen LogP contribution in [0.15, 0.2) is 18.3 Å². The molecule has 2 aromatic heterocycles. The maximum absolute atomic E-state index is 11.8. The van der Waals surface area contributed by atoms with Gasteiger partial charge in [0.1, 0.15) is 5.54 Å². The molecule has 2 aromatic rings. The fourth-order valence-corrected chi connectivity index (χ4v) is 3.69. The van der Waals surface area contributed by atoms with Crippen LogP contribution in [0.1, 0.15) is 19.4 Å². The zero-order chi connectivity index (χ0) is 18.2. The lowest BCUT2D eigenvalue weighted by molar-refractivity contribution is -0.125. The molecule has 3 amide bonds.